The summed E-state index contributed by atoms with van der Waals surface area (Å²) in [4.78, 5) is 0. The summed E-state index contributed by atoms with van der Waals surface area (Å²) in [6, 6.07) is 38.7. The van der Waals surface area contributed by atoms with Gasteiger partial charge < -0.3 is 5.11 Å². The average molecular weight is 1830 g/mol. The van der Waals surface area contributed by atoms with Crippen molar-refractivity contribution in [1.29, 1.82) is 0 Å². The molecule has 6 saturated carbocycles. The molecule has 1 nitrogen and oxygen atoms in total. The van der Waals surface area contributed by atoms with Gasteiger partial charge in [-0.25, -0.2) is 0 Å². The number of aromatic hydroxyl groups is 1. The van der Waals surface area contributed by atoms with Gasteiger partial charge in [-0.15, -0.1) is 0 Å². The standard InChI is InChI=1S/3C10H14.C9H12O.2C9H18.2C9H12.3C8H16.C7H14.C7H8.C5H12.C4H10.5CH4/c3*1-10(2,3)9-7-5-4-6-8-9;1-7(2)8-3-5-9(10)6-4-8;2*1-8-5-4-6-9(2,3)7-8;2*1-8(2)9-6-4-3-5-7-9;2*1-7-5-4-6-8(7,2)3;1-8(2)6-4-3-5-7-8;1-7(2)5-3-4-6-7;1-7-5-3-2-4-6-7;1-3-5-4-2;1-4(2)3;;;;;/h3*4-8H,1-3H3;3-7,10H,1-2H3;2*8H,4-7H2,1-3H3;2*3-8H,1-2H3;2*7H,4-6H2,1-3H3;3-7H2,1-2H3;3-6H2,1-2H3;2-6H,1H3;3-5H2,1-2H3;4H,1-3H3;5*1H4/i2*4D,5D,6D,7D,8D;;3D,4D,5D,6D;4D2,5D2,6D2,7D2,8D;4D2,5D2,8D;3+1,4+1,5+1,6+1,7+1,9+1;;4D2,5D2,6D2,7D;6D2,7D;6D2,7D2;3D2,4D2;;1D2,2D3,3D2,4D,5D2;4D;;;;;. The van der Waals surface area contributed by atoms with Gasteiger partial charge in [-0.3, -0.25) is 0 Å². The van der Waals surface area contributed by atoms with Crippen molar-refractivity contribution in [3.63, 3.8) is 0 Å². The van der Waals surface area contributed by atoms with Gasteiger partial charge >= 0.3 is 0 Å². The van der Waals surface area contributed by atoms with Gasteiger partial charge in [-0.1, -0.05) is 588 Å². The Morgan fingerprint density at radius 1 is 0.406 bits per heavy atom. The summed E-state index contributed by atoms with van der Waals surface area (Å²) in [5.41, 5.74) is 0.921. The highest BCUT2D eigenvalue weighted by atomic mass is 16.3. The topological polar surface area (TPSA) is 20.2 Å². The molecule has 0 aromatic heterocycles. The van der Waals surface area contributed by atoms with Crippen LogP contribution in [0.5, 0.6) is 5.75 Å². The van der Waals surface area contributed by atoms with Gasteiger partial charge in [0.25, 0.3) is 0 Å². The summed E-state index contributed by atoms with van der Waals surface area (Å²) in [6.45, 7) is 58.0. The lowest BCUT2D eigenvalue weighted by molar-refractivity contribution is 0.191. The molecule has 0 aliphatic heterocycles. The third-order valence-corrected chi connectivity index (χ3v) is 18.6. The molecule has 6 fully saturated rings. The van der Waals surface area contributed by atoms with Crippen LogP contribution < -0.4 is 0 Å². The van der Waals surface area contributed by atoms with Gasteiger partial charge in [0.15, 0.2) is 0 Å². The first-order valence-corrected chi connectivity index (χ1v) is 43.3. The van der Waals surface area contributed by atoms with Crippen LogP contribution in [0.1, 0.15) is 587 Å². The summed E-state index contributed by atoms with van der Waals surface area (Å²) < 4.78 is 430. The fourth-order valence-corrected chi connectivity index (χ4v) is 10.3. The normalized spacial score (nSPS) is 33.5. The van der Waals surface area contributed by atoms with Crippen molar-refractivity contribution in [3.8, 4) is 5.75 Å². The first kappa shape index (κ1) is 60.6. The lowest BCUT2D eigenvalue weighted by atomic mass is 9.73. The van der Waals surface area contributed by atoms with Crippen LogP contribution in [-0.4, -0.2) is 5.11 Å². The van der Waals surface area contributed by atoms with E-state index >= 15 is 0 Å². The van der Waals surface area contributed by atoms with Gasteiger partial charge in [-0.2, -0.15) is 0 Å². The second kappa shape index (κ2) is 71.9. The first-order chi connectivity index (χ1) is 78.9. The monoisotopic (exact) mass is 1830 g/mol. The van der Waals surface area contributed by atoms with Gasteiger partial charge in [0, 0.05) is 58.9 Å². The molecule has 1 heteroatoms. The number of rotatable bonds is 5. The van der Waals surface area contributed by atoms with Crippen LogP contribution in [0, 0.1) is 68.9 Å². The number of hydrogen-bond donors (Lipinski definition) is 1. The van der Waals surface area contributed by atoms with Gasteiger partial charge in [0.2, 0.25) is 0 Å². The van der Waals surface area contributed by atoms with E-state index in [1.54, 1.807) is 27.7 Å². The largest absolute Gasteiger partial charge is 0.508 e. The summed E-state index contributed by atoms with van der Waals surface area (Å²) in [5, 5.41) is 9.26. The third-order valence-electron chi connectivity index (χ3n) is 18.6. The van der Waals surface area contributed by atoms with Crippen LogP contribution in [0.2, 0.25) is 0 Å². The van der Waals surface area contributed by atoms with Gasteiger partial charge in [-0.05, 0) is 212 Å². The molecule has 5 atom stereocenters. The highest BCUT2D eigenvalue weighted by Gasteiger charge is 2.32. The van der Waals surface area contributed by atoms with Gasteiger partial charge in [0.05, 0.1) is 19.2 Å². The minimum absolute atomic E-state index is 0. The van der Waals surface area contributed by atoms with Crippen molar-refractivity contribution < 1.29 is 83.2 Å². The molecule has 740 valence electrons. The van der Waals surface area contributed by atoms with Gasteiger partial charge in [0.1, 0.15) is 5.75 Å². The Kier molecular flexibility index (Phi) is 34.1. The lowest BCUT2D eigenvalue weighted by Gasteiger charge is -2.33. The fraction of sp³-hybridized carbons (Fsp3) is 0.669. The van der Waals surface area contributed by atoms with E-state index in [-0.39, 0.29) is 151 Å². The quantitative estimate of drug-likeness (QED) is 0.182. The molecule has 0 amide bonds. The molecule has 6 aliphatic carbocycles. The van der Waals surface area contributed by atoms with Crippen LogP contribution in [0.3, 0.4) is 0 Å². The summed E-state index contributed by atoms with van der Waals surface area (Å²) in [5.74, 6) is -5.77. The lowest BCUT2D eigenvalue weighted by Crippen LogP contribution is -2.20. The van der Waals surface area contributed by atoms with Crippen LogP contribution in [0.25, 0.3) is 0 Å². The van der Waals surface area contributed by atoms with Crippen LogP contribution in [-0.2, 0) is 16.2 Å². The van der Waals surface area contributed by atoms with Crippen molar-refractivity contribution >= 4 is 0 Å². The molecule has 0 heterocycles. The maximum Gasteiger partial charge on any atom is 0.115 e. The molecule has 0 spiro atoms. The van der Waals surface area contributed by atoms with E-state index in [2.05, 4.69) is 146 Å². The summed E-state index contributed by atoms with van der Waals surface area (Å²) in [7, 11) is 0. The minimum Gasteiger partial charge on any atom is -0.508 e. The van der Waals surface area contributed by atoms with Crippen molar-refractivity contribution in [2.75, 3.05) is 0 Å². The minimum atomic E-state index is -3.08. The number of hydrogen-bond acceptors (Lipinski definition) is 1. The summed E-state index contributed by atoms with van der Waals surface area (Å²) in [6.07, 6.45) is -34.3. The van der Waals surface area contributed by atoms with Crippen LogP contribution in [0.4, 0.5) is 0 Å². The molecule has 6 aliphatic rings. The number of aryl methyl sites for hydroxylation is 1. The Balaban J connectivity index is -0.000000369. The molecule has 5 unspecified atom stereocenters. The van der Waals surface area contributed by atoms with E-state index < -0.39 is 184 Å². The van der Waals surface area contributed by atoms with E-state index in [9.17, 15) is 5.11 Å². The average Bonchev–Trinajstić information content (AvgIpc) is 1.29. The molecule has 0 radical (unpaired) electrons. The number of benzene rings is 7. The Morgan fingerprint density at radius 3 is 1.05 bits per heavy atom. The third kappa shape index (κ3) is 72.9. The van der Waals surface area contributed by atoms with Crippen molar-refractivity contribution in [2.24, 2.45) is 62.0 Å². The SMILES string of the molecule is C.C.C.C.C.CC(C)(C)c1ccccc1.CC(C)[13c]1[13cH][13cH][13cH][13cH][13cH]1.CC(C)c1ccccc1.Cc1ccccc1.[2H]C(C)(C)C.[2H]C([2H])C([2H])([2H])C([2H])([2H])C([2H])C([2H])([2H])[2H].[2H]C1([2H])C([2H])([2H])C([2H])(C)C(C)(C)C1([2H])[2H].[2H]C1([2H])C([2H])([2H])C([2H])(C)C([2H])([2H])C(C)(C)C1([2H])[2H].[2H]C1([2H])CC(C)(C)CC([2H])(C)C1([2H])[2H].[2H]C1([2H])CC(C)(C)CC1([2H])[2H].[2H]C1([2H])CCC([2H])(C)C1(C)C.[2H]C1([2H])CCCC([2H])([2H])C1(C)C.[2H]c1c([2H])c(C(C)C)c([2H])c([2H])c1O.[2H]c1c([2H])c([2H])c(C(C)(C)C)c([2H])c1[2H].[2H]c1c([2H])c([2H])c(C(C)(C)C)c([2H])c1[2H]. The van der Waals surface area contributed by atoms with Crippen molar-refractivity contribution in [2.45, 2.75) is 493 Å². The van der Waals surface area contributed by atoms with E-state index in [1.807, 2.05) is 141 Å². The van der Waals surface area contributed by atoms with Crippen LogP contribution >= 0.6 is 0 Å². The molecule has 1 N–H and O–H groups in total. The highest BCUT2D eigenvalue weighted by molar-refractivity contribution is 5.28. The molecule has 128 heavy (non-hydrogen) atoms. The van der Waals surface area contributed by atoms with E-state index in [1.165, 1.54) is 63.8 Å². The van der Waals surface area contributed by atoms with E-state index in [0.29, 0.717) is 85.3 Å². The number of phenolic OH excluding ortho intramolecular Hbond substituents is 1. The molecule has 0 saturated heterocycles. The Hall–Kier alpha value is -5.66. The zero-order chi connectivity index (χ0) is 145. The molecule has 13 rings (SSSR count). The fourth-order valence-electron chi connectivity index (χ4n) is 10.3. The smallest absolute Gasteiger partial charge is 0.115 e. The summed E-state index contributed by atoms with van der Waals surface area (Å²) >= 11 is 0. The second-order valence-electron chi connectivity index (χ2n) is 39.0. The molecule has 7 aromatic rings. The highest BCUT2D eigenvalue weighted by Crippen LogP contribution is 2.44. The predicted molar refractivity (Wildman–Crippen MR) is 595 cm³/mol. The van der Waals surface area contributed by atoms with E-state index in [4.69, 9.17) is 78.1 Å². The molecular formula is C127H226O. The second-order valence-corrected chi connectivity index (χ2v) is 39.0. The molecule has 0 bridgehead atoms. The van der Waals surface area contributed by atoms with Crippen molar-refractivity contribution in [3.05, 3.63) is 245 Å². The maximum absolute atomic E-state index is 9.26. The zero-order valence-corrected chi connectivity index (χ0v) is 82.7. The van der Waals surface area contributed by atoms with Crippen LogP contribution in [0.15, 0.2) is 206 Å². The Bertz CT molecular complexity index is 5960. The Morgan fingerprint density at radius 2 is 0.781 bits per heavy atom. The maximum atomic E-state index is 9.26. The predicted octanol–water partition coefficient (Wildman–Crippen LogP) is 43.8. The number of phenols is 1. The Labute approximate surface area is 887 Å². The van der Waals surface area contributed by atoms with Crippen molar-refractivity contribution in [1.82, 2.24) is 0 Å². The molecule has 7 aromatic carbocycles. The first-order valence-electron chi connectivity index (χ1n) is 72.0. The van der Waals surface area contributed by atoms with E-state index in [0.717, 1.165) is 6.92 Å². The molecular weight excluding hydrogens is 1550 g/mol. The zero-order valence-electron chi connectivity index (χ0n) is 140.